The predicted molar refractivity (Wildman–Crippen MR) is 90.5 cm³/mol. The van der Waals surface area contributed by atoms with Crippen LogP contribution in [0.1, 0.15) is 11.6 Å². The highest BCUT2D eigenvalue weighted by Gasteiger charge is 2.32. The summed E-state index contributed by atoms with van der Waals surface area (Å²) in [7, 11) is 0. The molecule has 0 saturated heterocycles. The van der Waals surface area contributed by atoms with Gasteiger partial charge in [-0.3, -0.25) is 4.57 Å². The second-order valence-electron chi connectivity index (χ2n) is 5.38. The molecular formula is C17H11ClFN5. The largest absolute Gasteiger partial charge is 0.384 e. The van der Waals surface area contributed by atoms with E-state index in [0.717, 1.165) is 11.0 Å². The molecule has 7 heteroatoms. The van der Waals surface area contributed by atoms with Crippen molar-refractivity contribution in [2.24, 2.45) is 5.73 Å². The smallest absolute Gasteiger partial charge is 0.210 e. The maximum absolute atomic E-state index is 14.3. The number of nitrogens with zero attached hydrogens (tertiary/aromatic N) is 3. The third kappa shape index (κ3) is 1.95. The van der Waals surface area contributed by atoms with Gasteiger partial charge in [-0.15, -0.1) is 0 Å². The molecular weight excluding hydrogens is 329 g/mol. The third-order valence-electron chi connectivity index (χ3n) is 4.05. The normalized spacial score (nSPS) is 16.6. The molecule has 24 heavy (non-hydrogen) atoms. The number of fused-ring (bicyclic) bond motifs is 3. The fourth-order valence-electron chi connectivity index (χ4n) is 2.96. The lowest BCUT2D eigenvalue weighted by Crippen LogP contribution is -2.27. The summed E-state index contributed by atoms with van der Waals surface area (Å²) in [4.78, 5) is 4.47. The summed E-state index contributed by atoms with van der Waals surface area (Å²) in [6, 6.07) is 13.1. The average molecular weight is 340 g/mol. The SMILES string of the molecule is N#CC1=C(N)n2c(nc3ccccc32)N[C@H]1c1c(F)cccc1Cl. The summed E-state index contributed by atoms with van der Waals surface area (Å²) < 4.78 is 16.0. The van der Waals surface area contributed by atoms with E-state index < -0.39 is 11.9 Å². The molecule has 118 valence electrons. The van der Waals surface area contributed by atoms with Crippen molar-refractivity contribution >= 4 is 34.4 Å². The molecule has 0 amide bonds. The molecule has 2 aromatic carbocycles. The average Bonchev–Trinajstić information content (AvgIpc) is 2.93. The first-order valence-electron chi connectivity index (χ1n) is 7.20. The van der Waals surface area contributed by atoms with Crippen molar-refractivity contribution in [1.82, 2.24) is 9.55 Å². The van der Waals surface area contributed by atoms with Crippen molar-refractivity contribution in [3.8, 4) is 6.07 Å². The molecule has 0 unspecified atom stereocenters. The van der Waals surface area contributed by atoms with Crippen molar-refractivity contribution < 1.29 is 4.39 Å². The highest BCUT2D eigenvalue weighted by Crippen LogP contribution is 2.39. The van der Waals surface area contributed by atoms with Crippen molar-refractivity contribution in [2.75, 3.05) is 5.32 Å². The number of hydrogen-bond acceptors (Lipinski definition) is 4. The number of imidazole rings is 1. The molecule has 5 nitrogen and oxygen atoms in total. The van der Waals surface area contributed by atoms with Crippen LogP contribution >= 0.6 is 11.6 Å². The van der Waals surface area contributed by atoms with Crippen LogP contribution in [-0.2, 0) is 0 Å². The van der Waals surface area contributed by atoms with Gasteiger partial charge in [-0.25, -0.2) is 9.37 Å². The van der Waals surface area contributed by atoms with Gasteiger partial charge >= 0.3 is 0 Å². The highest BCUT2D eigenvalue weighted by atomic mass is 35.5. The van der Waals surface area contributed by atoms with E-state index in [1.54, 1.807) is 10.6 Å². The van der Waals surface area contributed by atoms with Crippen molar-refractivity contribution in [1.29, 1.82) is 5.26 Å². The number of para-hydroxylation sites is 2. The van der Waals surface area contributed by atoms with E-state index in [-0.39, 0.29) is 22.0 Å². The minimum atomic E-state index is -0.798. The molecule has 4 rings (SSSR count). The Balaban J connectivity index is 1.98. The van der Waals surface area contributed by atoms with E-state index in [9.17, 15) is 9.65 Å². The second-order valence-corrected chi connectivity index (χ2v) is 5.79. The Hall–Kier alpha value is -3.04. The zero-order valence-electron chi connectivity index (χ0n) is 12.3. The highest BCUT2D eigenvalue weighted by molar-refractivity contribution is 6.31. The molecule has 0 aliphatic carbocycles. The lowest BCUT2D eigenvalue weighted by atomic mass is 9.97. The summed E-state index contributed by atoms with van der Waals surface area (Å²) in [5, 5.41) is 12.9. The van der Waals surface area contributed by atoms with Gasteiger partial charge in [0.1, 0.15) is 17.7 Å². The number of nitrogens with two attached hydrogens (primary N) is 1. The molecule has 0 saturated carbocycles. The number of aromatic nitrogens is 2. The molecule has 0 fully saturated rings. The van der Waals surface area contributed by atoms with Gasteiger partial charge in [-0.2, -0.15) is 5.26 Å². The first-order valence-corrected chi connectivity index (χ1v) is 7.57. The predicted octanol–water partition coefficient (Wildman–Crippen LogP) is 3.65. The number of benzene rings is 2. The number of rotatable bonds is 1. The van der Waals surface area contributed by atoms with Gasteiger partial charge in [0, 0.05) is 10.6 Å². The van der Waals surface area contributed by atoms with Gasteiger partial charge < -0.3 is 11.1 Å². The molecule has 3 aromatic rings. The summed E-state index contributed by atoms with van der Waals surface area (Å²) >= 11 is 6.16. The van der Waals surface area contributed by atoms with Gasteiger partial charge in [-0.1, -0.05) is 29.8 Å². The van der Waals surface area contributed by atoms with Crippen LogP contribution in [0.5, 0.6) is 0 Å². The number of hydrogen-bond donors (Lipinski definition) is 2. The van der Waals surface area contributed by atoms with E-state index in [1.807, 2.05) is 24.3 Å². The Bertz CT molecular complexity index is 1030. The monoisotopic (exact) mass is 339 g/mol. The maximum Gasteiger partial charge on any atom is 0.210 e. The van der Waals surface area contributed by atoms with E-state index in [4.69, 9.17) is 17.3 Å². The van der Waals surface area contributed by atoms with Crippen molar-refractivity contribution in [3.63, 3.8) is 0 Å². The van der Waals surface area contributed by atoms with Crippen LogP contribution in [0.4, 0.5) is 10.3 Å². The number of halogens is 2. The number of anilines is 1. The Morgan fingerprint density at radius 3 is 2.79 bits per heavy atom. The Kier molecular flexibility index (Phi) is 3.18. The van der Waals surface area contributed by atoms with Gasteiger partial charge in [-0.05, 0) is 24.3 Å². The van der Waals surface area contributed by atoms with E-state index >= 15 is 0 Å². The number of nitrogens with one attached hydrogen (secondary N) is 1. The summed E-state index contributed by atoms with van der Waals surface area (Å²) in [5.74, 6) is 0.145. The standard InChI is InChI=1S/C17H11ClFN5/c18-10-4-3-5-11(19)14(10)15-9(8-20)16(21)24-13-7-2-1-6-12(13)22-17(24)23-15/h1-7,15H,21H2,(H,22,23)/t15-/m1/s1. The zero-order chi connectivity index (χ0) is 16.8. The molecule has 0 bridgehead atoms. The molecule has 1 aromatic heterocycles. The van der Waals surface area contributed by atoms with Crippen LogP contribution in [0, 0.1) is 17.1 Å². The van der Waals surface area contributed by atoms with Crippen LogP contribution in [0.2, 0.25) is 5.02 Å². The van der Waals surface area contributed by atoms with Gasteiger partial charge in [0.15, 0.2) is 0 Å². The second kappa shape index (κ2) is 5.25. The Morgan fingerprint density at radius 1 is 1.25 bits per heavy atom. The fourth-order valence-corrected chi connectivity index (χ4v) is 3.23. The first kappa shape index (κ1) is 14.5. The van der Waals surface area contributed by atoms with Gasteiger partial charge in [0.25, 0.3) is 0 Å². The van der Waals surface area contributed by atoms with E-state index in [0.29, 0.717) is 5.95 Å². The molecule has 2 heterocycles. The summed E-state index contributed by atoms with van der Waals surface area (Å²) in [6.45, 7) is 0. The topological polar surface area (TPSA) is 79.7 Å². The minimum absolute atomic E-state index is 0.178. The lowest BCUT2D eigenvalue weighted by molar-refractivity contribution is 0.603. The van der Waals surface area contributed by atoms with Crippen molar-refractivity contribution in [3.05, 3.63) is 64.4 Å². The Morgan fingerprint density at radius 2 is 2.04 bits per heavy atom. The summed E-state index contributed by atoms with van der Waals surface area (Å²) in [5.41, 5.74) is 8.07. The summed E-state index contributed by atoms with van der Waals surface area (Å²) in [6.07, 6.45) is 0. The molecule has 1 atom stereocenters. The molecule has 0 spiro atoms. The molecule has 1 aliphatic rings. The molecule has 1 aliphatic heterocycles. The molecule has 0 radical (unpaired) electrons. The van der Waals surface area contributed by atoms with Crippen LogP contribution in [-0.4, -0.2) is 9.55 Å². The molecule has 3 N–H and O–H groups in total. The maximum atomic E-state index is 14.3. The fraction of sp³-hybridized carbons (Fsp3) is 0.0588. The van der Waals surface area contributed by atoms with Crippen LogP contribution in [0.3, 0.4) is 0 Å². The minimum Gasteiger partial charge on any atom is -0.384 e. The first-order chi connectivity index (χ1) is 11.6. The van der Waals surface area contributed by atoms with Gasteiger partial charge in [0.05, 0.1) is 22.6 Å². The van der Waals surface area contributed by atoms with Crippen LogP contribution < -0.4 is 11.1 Å². The van der Waals surface area contributed by atoms with Crippen molar-refractivity contribution in [2.45, 2.75) is 6.04 Å². The van der Waals surface area contributed by atoms with E-state index in [2.05, 4.69) is 16.4 Å². The lowest BCUT2D eigenvalue weighted by Gasteiger charge is -2.27. The Labute approximate surface area is 141 Å². The van der Waals surface area contributed by atoms with Crippen LogP contribution in [0.25, 0.3) is 16.9 Å². The van der Waals surface area contributed by atoms with Gasteiger partial charge in [0.2, 0.25) is 5.95 Å². The quantitative estimate of drug-likeness (QED) is 0.709. The number of nitriles is 1. The van der Waals surface area contributed by atoms with Crippen LogP contribution in [0.15, 0.2) is 48.0 Å². The van der Waals surface area contributed by atoms with E-state index in [1.165, 1.54) is 12.1 Å². The third-order valence-corrected chi connectivity index (χ3v) is 4.38. The zero-order valence-corrected chi connectivity index (χ0v) is 13.0.